The third-order valence-electron chi connectivity index (χ3n) is 1.94. The Labute approximate surface area is 102 Å². The van der Waals surface area contributed by atoms with Crippen molar-refractivity contribution in [3.8, 4) is 0 Å². The van der Waals surface area contributed by atoms with E-state index in [1.165, 1.54) is 0 Å². The highest BCUT2D eigenvalue weighted by Crippen LogP contribution is 2.21. The van der Waals surface area contributed by atoms with Crippen molar-refractivity contribution < 1.29 is 18.0 Å². The van der Waals surface area contributed by atoms with Gasteiger partial charge in [0.2, 0.25) is 5.91 Å². The van der Waals surface area contributed by atoms with Crippen molar-refractivity contribution in [2.24, 2.45) is 5.92 Å². The molecule has 0 aliphatic rings. The van der Waals surface area contributed by atoms with Crippen molar-refractivity contribution in [3.05, 3.63) is 0 Å². The van der Waals surface area contributed by atoms with Gasteiger partial charge in [-0.15, -0.1) is 0 Å². The van der Waals surface area contributed by atoms with E-state index in [-0.39, 0.29) is 6.04 Å². The van der Waals surface area contributed by atoms with E-state index >= 15 is 0 Å². The van der Waals surface area contributed by atoms with Crippen LogP contribution in [0.25, 0.3) is 0 Å². The van der Waals surface area contributed by atoms with Crippen LogP contribution in [0.15, 0.2) is 0 Å². The number of hydrogen-bond acceptors (Lipinski definition) is 1. The molecule has 0 aromatic heterocycles. The van der Waals surface area contributed by atoms with E-state index in [0.29, 0.717) is 11.2 Å². The molecule has 0 saturated heterocycles. The summed E-state index contributed by atoms with van der Waals surface area (Å²) in [6.45, 7) is 4.00. The van der Waals surface area contributed by atoms with Crippen molar-refractivity contribution in [1.29, 1.82) is 0 Å². The predicted octanol–water partition coefficient (Wildman–Crippen LogP) is 3.25. The highest BCUT2D eigenvalue weighted by molar-refractivity contribution is 9.09. The van der Waals surface area contributed by atoms with Gasteiger partial charge in [0.15, 0.2) is 0 Å². The first-order valence-electron chi connectivity index (χ1n) is 5.16. The number of alkyl halides is 4. The zero-order valence-corrected chi connectivity index (χ0v) is 11.0. The normalized spacial score (nSPS) is 13.9. The molecular weight excluding hydrogens is 287 g/mol. The van der Waals surface area contributed by atoms with Crippen LogP contribution in [0.2, 0.25) is 0 Å². The summed E-state index contributed by atoms with van der Waals surface area (Å²) in [7, 11) is 0. The summed E-state index contributed by atoms with van der Waals surface area (Å²) < 4.78 is 35.6. The summed E-state index contributed by atoms with van der Waals surface area (Å²) >= 11 is 3.23. The van der Waals surface area contributed by atoms with Gasteiger partial charge in [0, 0.05) is 17.8 Å². The Balaban J connectivity index is 3.92. The molecule has 1 unspecified atom stereocenters. The SMILES string of the molecule is CC(C)CC(CBr)NC(=O)CCC(F)(F)F. The van der Waals surface area contributed by atoms with Crippen LogP contribution in [0.4, 0.5) is 13.2 Å². The maximum atomic E-state index is 11.9. The van der Waals surface area contributed by atoms with Gasteiger partial charge in [0.25, 0.3) is 0 Å². The predicted molar refractivity (Wildman–Crippen MR) is 60.5 cm³/mol. The fourth-order valence-electron chi connectivity index (χ4n) is 1.28. The van der Waals surface area contributed by atoms with Crippen LogP contribution >= 0.6 is 15.9 Å². The van der Waals surface area contributed by atoms with Crippen LogP contribution in [-0.2, 0) is 4.79 Å². The van der Waals surface area contributed by atoms with Gasteiger partial charge in [0.1, 0.15) is 0 Å². The van der Waals surface area contributed by atoms with Crippen LogP contribution in [0.3, 0.4) is 0 Å². The van der Waals surface area contributed by atoms with E-state index in [4.69, 9.17) is 0 Å². The minimum absolute atomic E-state index is 0.0965. The molecule has 16 heavy (non-hydrogen) atoms. The van der Waals surface area contributed by atoms with Crippen LogP contribution < -0.4 is 5.32 Å². The lowest BCUT2D eigenvalue weighted by Crippen LogP contribution is -2.37. The van der Waals surface area contributed by atoms with Crippen LogP contribution in [-0.4, -0.2) is 23.5 Å². The summed E-state index contributed by atoms with van der Waals surface area (Å²) in [5.74, 6) is -0.145. The molecule has 0 aromatic rings. The Hall–Kier alpha value is -0.260. The second-order valence-electron chi connectivity index (χ2n) is 4.16. The molecule has 0 radical (unpaired) electrons. The third-order valence-corrected chi connectivity index (χ3v) is 2.72. The molecule has 0 rings (SSSR count). The molecule has 2 nitrogen and oxygen atoms in total. The zero-order valence-electron chi connectivity index (χ0n) is 9.40. The molecule has 1 atom stereocenters. The highest BCUT2D eigenvalue weighted by Gasteiger charge is 2.28. The first-order valence-corrected chi connectivity index (χ1v) is 6.29. The number of halogens is 4. The van der Waals surface area contributed by atoms with E-state index in [2.05, 4.69) is 21.2 Å². The number of carbonyl (C=O) groups excluding carboxylic acids is 1. The molecule has 0 fully saturated rings. The Morgan fingerprint density at radius 3 is 2.31 bits per heavy atom. The molecule has 0 spiro atoms. The number of amides is 1. The minimum Gasteiger partial charge on any atom is -0.353 e. The second-order valence-corrected chi connectivity index (χ2v) is 4.81. The molecule has 1 amide bonds. The largest absolute Gasteiger partial charge is 0.389 e. The Morgan fingerprint density at radius 1 is 1.38 bits per heavy atom. The van der Waals surface area contributed by atoms with Crippen molar-refractivity contribution in [3.63, 3.8) is 0 Å². The summed E-state index contributed by atoms with van der Waals surface area (Å²) in [6, 6.07) is -0.0965. The van der Waals surface area contributed by atoms with Crippen LogP contribution in [0, 0.1) is 5.92 Å². The standard InChI is InChI=1S/C10H17BrF3NO/c1-7(2)5-8(6-11)15-9(16)3-4-10(12,13)14/h7-8H,3-6H2,1-2H3,(H,15,16). The van der Waals surface area contributed by atoms with Crippen molar-refractivity contribution in [2.45, 2.75) is 45.3 Å². The Morgan fingerprint density at radius 2 is 1.94 bits per heavy atom. The van der Waals surface area contributed by atoms with Gasteiger partial charge >= 0.3 is 6.18 Å². The zero-order chi connectivity index (χ0) is 12.8. The van der Waals surface area contributed by atoms with Gasteiger partial charge in [-0.2, -0.15) is 13.2 Å². The molecule has 0 heterocycles. The third kappa shape index (κ3) is 9.00. The Kier molecular flexibility index (Phi) is 7.03. The first kappa shape index (κ1) is 15.7. The minimum atomic E-state index is -4.26. The number of hydrogen-bond donors (Lipinski definition) is 1. The molecular formula is C10H17BrF3NO. The summed E-state index contributed by atoms with van der Waals surface area (Å²) in [5.41, 5.74) is 0. The average Bonchev–Trinajstić information content (AvgIpc) is 2.12. The van der Waals surface area contributed by atoms with Crippen LogP contribution in [0.5, 0.6) is 0 Å². The Bertz CT molecular complexity index is 219. The van der Waals surface area contributed by atoms with E-state index in [9.17, 15) is 18.0 Å². The molecule has 6 heteroatoms. The van der Waals surface area contributed by atoms with E-state index < -0.39 is 24.9 Å². The number of carbonyl (C=O) groups is 1. The molecule has 0 aliphatic heterocycles. The monoisotopic (exact) mass is 303 g/mol. The number of nitrogens with one attached hydrogen (secondary N) is 1. The summed E-state index contributed by atoms with van der Waals surface area (Å²) in [5, 5.41) is 3.14. The quantitative estimate of drug-likeness (QED) is 0.750. The molecule has 1 N–H and O–H groups in total. The fraction of sp³-hybridized carbons (Fsp3) is 0.900. The van der Waals surface area contributed by atoms with Crippen LogP contribution in [0.1, 0.15) is 33.1 Å². The van der Waals surface area contributed by atoms with Gasteiger partial charge in [0.05, 0.1) is 6.42 Å². The van der Waals surface area contributed by atoms with Gasteiger partial charge in [-0.1, -0.05) is 29.8 Å². The lowest BCUT2D eigenvalue weighted by molar-refractivity contribution is -0.144. The topological polar surface area (TPSA) is 29.1 Å². The molecule has 0 aromatic carbocycles. The van der Waals surface area contributed by atoms with Gasteiger partial charge in [-0.05, 0) is 12.3 Å². The van der Waals surface area contributed by atoms with E-state index in [0.717, 1.165) is 6.42 Å². The maximum Gasteiger partial charge on any atom is 0.389 e. The van der Waals surface area contributed by atoms with Crippen molar-refractivity contribution in [2.75, 3.05) is 5.33 Å². The fourth-order valence-corrected chi connectivity index (χ4v) is 1.71. The van der Waals surface area contributed by atoms with E-state index in [1.54, 1.807) is 0 Å². The first-order chi connectivity index (χ1) is 7.24. The second kappa shape index (κ2) is 7.14. The molecule has 0 aliphatic carbocycles. The summed E-state index contributed by atoms with van der Waals surface area (Å²) in [6.07, 6.45) is -5.07. The van der Waals surface area contributed by atoms with Gasteiger partial charge < -0.3 is 5.32 Å². The lowest BCUT2D eigenvalue weighted by atomic mass is 10.1. The van der Waals surface area contributed by atoms with Crippen molar-refractivity contribution >= 4 is 21.8 Å². The maximum absolute atomic E-state index is 11.9. The highest BCUT2D eigenvalue weighted by atomic mass is 79.9. The molecule has 0 bridgehead atoms. The van der Waals surface area contributed by atoms with Gasteiger partial charge in [-0.3, -0.25) is 4.79 Å². The molecule has 96 valence electrons. The molecule has 0 saturated carbocycles. The van der Waals surface area contributed by atoms with Crippen molar-refractivity contribution in [1.82, 2.24) is 5.32 Å². The summed E-state index contributed by atoms with van der Waals surface area (Å²) in [4.78, 5) is 11.2. The van der Waals surface area contributed by atoms with Gasteiger partial charge in [-0.25, -0.2) is 0 Å². The number of rotatable bonds is 6. The smallest absolute Gasteiger partial charge is 0.353 e. The lowest BCUT2D eigenvalue weighted by Gasteiger charge is -2.18. The van der Waals surface area contributed by atoms with E-state index in [1.807, 2.05) is 13.8 Å². The average molecular weight is 304 g/mol.